The number of alkyl halides is 1. The van der Waals surface area contributed by atoms with Gasteiger partial charge in [0, 0.05) is 12.3 Å². The summed E-state index contributed by atoms with van der Waals surface area (Å²) in [5.41, 5.74) is 0. The van der Waals surface area contributed by atoms with Gasteiger partial charge in [-0.25, -0.2) is 4.79 Å². The number of rotatable bonds is 13. The quantitative estimate of drug-likeness (QED) is 0.150. The molecular weight excluding hydrogens is 364 g/mol. The SMILES string of the molecule is CCCCCC/C=C/[C@H]1[C@H](CCl)CC[C@@H]1C/C=C\CCC(O)(O)C(=O)OC. The summed E-state index contributed by atoms with van der Waals surface area (Å²) >= 11 is 6.18. The Hall–Kier alpha value is -0.840. The summed E-state index contributed by atoms with van der Waals surface area (Å²) in [4.78, 5) is 11.2. The van der Waals surface area contributed by atoms with Crippen molar-refractivity contribution in [3.8, 4) is 0 Å². The molecule has 27 heavy (non-hydrogen) atoms. The van der Waals surface area contributed by atoms with Crippen LogP contribution in [0.25, 0.3) is 0 Å². The first kappa shape index (κ1) is 24.2. The van der Waals surface area contributed by atoms with Crippen LogP contribution in [-0.4, -0.2) is 35.0 Å². The number of hydrogen-bond acceptors (Lipinski definition) is 4. The molecule has 1 saturated carbocycles. The van der Waals surface area contributed by atoms with Gasteiger partial charge in [-0.05, 0) is 56.3 Å². The van der Waals surface area contributed by atoms with Crippen LogP contribution in [0.5, 0.6) is 0 Å². The van der Waals surface area contributed by atoms with Crippen molar-refractivity contribution in [1.82, 2.24) is 0 Å². The Labute approximate surface area is 169 Å². The van der Waals surface area contributed by atoms with E-state index < -0.39 is 11.8 Å². The first-order chi connectivity index (χ1) is 13.0. The van der Waals surface area contributed by atoms with Crippen LogP contribution in [0.4, 0.5) is 0 Å². The number of aliphatic hydroxyl groups is 2. The van der Waals surface area contributed by atoms with E-state index in [9.17, 15) is 15.0 Å². The smallest absolute Gasteiger partial charge is 0.366 e. The van der Waals surface area contributed by atoms with Gasteiger partial charge in [-0.3, -0.25) is 0 Å². The van der Waals surface area contributed by atoms with E-state index in [0.29, 0.717) is 30.1 Å². The minimum absolute atomic E-state index is 0.0633. The van der Waals surface area contributed by atoms with Gasteiger partial charge in [0.15, 0.2) is 0 Å². The lowest BCUT2D eigenvalue weighted by atomic mass is 9.87. The molecule has 0 amide bonds. The molecule has 0 saturated heterocycles. The Bertz CT molecular complexity index is 473. The number of allylic oxidation sites excluding steroid dienone is 4. The molecule has 0 bridgehead atoms. The van der Waals surface area contributed by atoms with Crippen molar-refractivity contribution in [3.63, 3.8) is 0 Å². The highest BCUT2D eigenvalue weighted by molar-refractivity contribution is 6.18. The zero-order valence-corrected chi connectivity index (χ0v) is 17.7. The molecule has 4 nitrogen and oxygen atoms in total. The van der Waals surface area contributed by atoms with E-state index in [1.807, 2.05) is 6.08 Å². The van der Waals surface area contributed by atoms with Crippen LogP contribution in [0.15, 0.2) is 24.3 Å². The largest absolute Gasteiger partial charge is 0.465 e. The number of carbonyl (C=O) groups excluding carboxylic acids is 1. The third-order valence-electron chi connectivity index (χ3n) is 5.56. The van der Waals surface area contributed by atoms with Gasteiger partial charge in [0.2, 0.25) is 0 Å². The topological polar surface area (TPSA) is 66.8 Å². The Morgan fingerprint density at radius 1 is 1.11 bits per heavy atom. The molecule has 0 unspecified atom stereocenters. The average Bonchev–Trinajstić information content (AvgIpc) is 3.05. The van der Waals surface area contributed by atoms with Gasteiger partial charge in [-0.15, -0.1) is 11.6 Å². The normalized spacial score (nSPS) is 23.5. The number of unbranched alkanes of at least 4 members (excludes halogenated alkanes) is 4. The Morgan fingerprint density at radius 2 is 1.85 bits per heavy atom. The number of halogens is 1. The number of hydrogen-bond donors (Lipinski definition) is 2. The first-order valence-electron chi connectivity index (χ1n) is 10.4. The van der Waals surface area contributed by atoms with Crippen molar-refractivity contribution in [2.24, 2.45) is 17.8 Å². The summed E-state index contributed by atoms with van der Waals surface area (Å²) in [6.07, 6.45) is 18.7. The zero-order valence-electron chi connectivity index (χ0n) is 16.9. The van der Waals surface area contributed by atoms with Crippen LogP contribution in [-0.2, 0) is 9.53 Å². The summed E-state index contributed by atoms with van der Waals surface area (Å²) in [7, 11) is 1.14. The second-order valence-electron chi connectivity index (χ2n) is 7.66. The summed E-state index contributed by atoms with van der Waals surface area (Å²) in [6.45, 7) is 2.23. The van der Waals surface area contributed by atoms with Crippen LogP contribution < -0.4 is 0 Å². The van der Waals surface area contributed by atoms with Gasteiger partial charge >= 0.3 is 5.97 Å². The van der Waals surface area contributed by atoms with Crippen LogP contribution >= 0.6 is 11.6 Å². The molecular formula is C22H37ClO4. The first-order valence-corrected chi connectivity index (χ1v) is 10.9. The van der Waals surface area contributed by atoms with Crippen LogP contribution in [0.2, 0.25) is 0 Å². The Kier molecular flexibility index (Phi) is 12.0. The highest BCUT2D eigenvalue weighted by atomic mass is 35.5. The molecule has 156 valence electrons. The average molecular weight is 401 g/mol. The fourth-order valence-electron chi connectivity index (χ4n) is 3.85. The number of methoxy groups -OCH3 is 1. The third kappa shape index (κ3) is 8.80. The molecule has 1 aliphatic rings. The van der Waals surface area contributed by atoms with Gasteiger partial charge in [-0.1, -0.05) is 50.5 Å². The van der Waals surface area contributed by atoms with Gasteiger partial charge in [0.1, 0.15) is 0 Å². The van der Waals surface area contributed by atoms with E-state index in [1.165, 1.54) is 38.5 Å². The molecule has 2 N–H and O–H groups in total. The van der Waals surface area contributed by atoms with E-state index in [4.69, 9.17) is 11.6 Å². The molecule has 1 fully saturated rings. The van der Waals surface area contributed by atoms with Crippen molar-refractivity contribution < 1.29 is 19.7 Å². The van der Waals surface area contributed by atoms with Gasteiger partial charge in [-0.2, -0.15) is 0 Å². The summed E-state index contributed by atoms with van der Waals surface area (Å²) in [5, 5.41) is 19.2. The van der Waals surface area contributed by atoms with Crippen LogP contribution in [0.3, 0.4) is 0 Å². The van der Waals surface area contributed by atoms with Crippen LogP contribution in [0.1, 0.15) is 71.1 Å². The van der Waals surface area contributed by atoms with Gasteiger partial charge < -0.3 is 14.9 Å². The molecule has 0 aliphatic heterocycles. The highest BCUT2D eigenvalue weighted by Gasteiger charge is 2.34. The Morgan fingerprint density at radius 3 is 2.52 bits per heavy atom. The van der Waals surface area contributed by atoms with Crippen molar-refractivity contribution in [3.05, 3.63) is 24.3 Å². The number of esters is 1. The molecule has 0 aromatic carbocycles. The maximum atomic E-state index is 11.2. The number of carbonyl (C=O) groups is 1. The molecule has 5 heteroatoms. The minimum atomic E-state index is -2.40. The van der Waals surface area contributed by atoms with E-state index in [0.717, 1.165) is 20.0 Å². The molecule has 1 aliphatic carbocycles. The molecule has 0 radical (unpaired) electrons. The van der Waals surface area contributed by atoms with Gasteiger partial charge in [0.25, 0.3) is 5.79 Å². The predicted octanol–water partition coefficient (Wildman–Crippen LogP) is 4.97. The van der Waals surface area contributed by atoms with E-state index in [1.54, 1.807) is 0 Å². The van der Waals surface area contributed by atoms with Gasteiger partial charge in [0.05, 0.1) is 7.11 Å². The van der Waals surface area contributed by atoms with E-state index >= 15 is 0 Å². The summed E-state index contributed by atoms with van der Waals surface area (Å²) in [5.74, 6) is -1.03. The van der Waals surface area contributed by atoms with Crippen molar-refractivity contribution in [2.45, 2.75) is 76.9 Å². The highest BCUT2D eigenvalue weighted by Crippen LogP contribution is 2.41. The monoisotopic (exact) mass is 400 g/mol. The molecule has 0 aromatic heterocycles. The molecule has 0 heterocycles. The zero-order chi connectivity index (χ0) is 20.1. The predicted molar refractivity (Wildman–Crippen MR) is 110 cm³/mol. The lowest BCUT2D eigenvalue weighted by Gasteiger charge is -2.19. The molecule has 0 spiro atoms. The second kappa shape index (κ2) is 13.4. The molecule has 3 atom stereocenters. The summed E-state index contributed by atoms with van der Waals surface area (Å²) in [6, 6.07) is 0. The fourth-order valence-corrected chi connectivity index (χ4v) is 4.21. The van der Waals surface area contributed by atoms with Crippen LogP contribution in [0, 0.1) is 17.8 Å². The molecule has 0 aromatic rings. The Balaban J connectivity index is 2.42. The van der Waals surface area contributed by atoms with Crippen molar-refractivity contribution in [1.29, 1.82) is 0 Å². The van der Waals surface area contributed by atoms with E-state index in [2.05, 4.69) is 29.9 Å². The lowest BCUT2D eigenvalue weighted by Crippen LogP contribution is -2.39. The van der Waals surface area contributed by atoms with Crippen molar-refractivity contribution >= 4 is 17.6 Å². The minimum Gasteiger partial charge on any atom is -0.465 e. The second-order valence-corrected chi connectivity index (χ2v) is 7.97. The fraction of sp³-hybridized carbons (Fsp3) is 0.773. The molecule has 1 rings (SSSR count). The summed E-state index contributed by atoms with van der Waals surface area (Å²) < 4.78 is 4.38. The lowest BCUT2D eigenvalue weighted by molar-refractivity contribution is -0.208. The van der Waals surface area contributed by atoms with Crippen molar-refractivity contribution in [2.75, 3.05) is 13.0 Å². The van der Waals surface area contributed by atoms with E-state index in [-0.39, 0.29) is 6.42 Å². The number of ether oxygens (including phenoxy) is 1. The maximum Gasteiger partial charge on any atom is 0.366 e. The standard InChI is InChI=1S/C22H37ClO4/c1-3-4-5-6-7-10-13-20-18(14-15-19(20)17-23)12-9-8-11-16-22(25,26)21(24)27-2/h8-10,13,18-20,25-26H,3-7,11-12,14-17H2,1-2H3/b9-8-,13-10+/t18-,19-,20+/m0/s1. The third-order valence-corrected chi connectivity index (χ3v) is 5.95. The maximum absolute atomic E-state index is 11.2.